The Bertz CT molecular complexity index is 366. The van der Waals surface area contributed by atoms with Crippen LogP contribution in [-0.4, -0.2) is 5.25 Å². The fraction of sp³-hybridized carbons (Fsp3) is 0.300. The molecule has 0 spiro atoms. The molecule has 0 bridgehead atoms. The van der Waals surface area contributed by atoms with Crippen molar-refractivity contribution in [1.82, 2.24) is 0 Å². The van der Waals surface area contributed by atoms with Crippen LogP contribution in [0.5, 0.6) is 0 Å². The average molecular weight is 254 g/mol. The van der Waals surface area contributed by atoms with Gasteiger partial charge in [0.05, 0.1) is 11.6 Å². The second-order valence-electron chi connectivity index (χ2n) is 3.07. The minimum Gasteiger partial charge on any atom is -0.192 e. The van der Waals surface area contributed by atoms with Gasteiger partial charge in [-0.3, -0.25) is 0 Å². The number of rotatable bonds is 2. The Hall–Kier alpha value is -0.460. The van der Waals surface area contributed by atoms with E-state index in [4.69, 9.17) is 5.26 Å². The Morgan fingerprint density at radius 1 is 1.46 bits per heavy atom. The van der Waals surface area contributed by atoms with Crippen molar-refractivity contribution in [2.24, 2.45) is 0 Å². The Balaban J connectivity index is 2.21. The first-order valence-corrected chi connectivity index (χ1v) is 5.83. The number of halogens is 1. The Labute approximate surface area is 90.3 Å². The lowest BCUT2D eigenvalue weighted by Crippen LogP contribution is -1.80. The van der Waals surface area contributed by atoms with Crippen molar-refractivity contribution in [2.45, 2.75) is 23.0 Å². The summed E-state index contributed by atoms with van der Waals surface area (Å²) in [5.41, 5.74) is 0.715. The van der Waals surface area contributed by atoms with Gasteiger partial charge in [-0.15, -0.1) is 11.8 Å². The maximum atomic E-state index is 8.67. The Kier molecular flexibility index (Phi) is 2.61. The van der Waals surface area contributed by atoms with Crippen LogP contribution in [0.4, 0.5) is 0 Å². The van der Waals surface area contributed by atoms with Crippen molar-refractivity contribution in [3.05, 3.63) is 28.2 Å². The van der Waals surface area contributed by atoms with Gasteiger partial charge in [-0.1, -0.05) is 0 Å². The molecule has 0 heterocycles. The van der Waals surface area contributed by atoms with Crippen molar-refractivity contribution in [3.63, 3.8) is 0 Å². The van der Waals surface area contributed by atoms with Crippen molar-refractivity contribution in [1.29, 1.82) is 5.26 Å². The fourth-order valence-corrected chi connectivity index (χ4v) is 2.74. The number of benzene rings is 1. The van der Waals surface area contributed by atoms with Crippen LogP contribution in [0.1, 0.15) is 18.4 Å². The van der Waals surface area contributed by atoms with Crippen LogP contribution in [0.15, 0.2) is 27.6 Å². The molecule has 1 fully saturated rings. The van der Waals surface area contributed by atoms with E-state index in [1.54, 1.807) is 0 Å². The van der Waals surface area contributed by atoms with Crippen LogP contribution < -0.4 is 0 Å². The summed E-state index contributed by atoms with van der Waals surface area (Å²) in [6.45, 7) is 0. The largest absolute Gasteiger partial charge is 0.192 e. The summed E-state index contributed by atoms with van der Waals surface area (Å²) >= 11 is 5.37. The molecule has 1 saturated carbocycles. The van der Waals surface area contributed by atoms with Crippen LogP contribution in [0, 0.1) is 11.3 Å². The van der Waals surface area contributed by atoms with Gasteiger partial charge in [0, 0.05) is 14.6 Å². The van der Waals surface area contributed by atoms with Gasteiger partial charge in [-0.2, -0.15) is 5.26 Å². The predicted octanol–water partition coefficient (Wildman–Crippen LogP) is 3.58. The first-order valence-electron chi connectivity index (χ1n) is 4.16. The molecular weight excluding hydrogens is 246 g/mol. The maximum absolute atomic E-state index is 8.67. The van der Waals surface area contributed by atoms with E-state index in [2.05, 4.69) is 22.0 Å². The highest BCUT2D eigenvalue weighted by Crippen LogP contribution is 2.41. The molecule has 0 amide bonds. The molecule has 0 radical (unpaired) electrons. The van der Waals surface area contributed by atoms with Crippen LogP contribution in [0.25, 0.3) is 0 Å². The third-order valence-electron chi connectivity index (χ3n) is 1.88. The molecule has 0 aliphatic heterocycles. The average Bonchev–Trinajstić information content (AvgIpc) is 2.92. The Morgan fingerprint density at radius 3 is 2.77 bits per heavy atom. The molecule has 0 atom stereocenters. The summed E-state index contributed by atoms with van der Waals surface area (Å²) in [6.07, 6.45) is 2.66. The van der Waals surface area contributed by atoms with Crippen LogP contribution in [0.2, 0.25) is 0 Å². The zero-order chi connectivity index (χ0) is 9.26. The quantitative estimate of drug-likeness (QED) is 0.805. The van der Waals surface area contributed by atoms with Gasteiger partial charge in [-0.05, 0) is 47.0 Å². The predicted molar refractivity (Wildman–Crippen MR) is 57.7 cm³/mol. The number of nitriles is 1. The molecule has 0 aromatic heterocycles. The number of hydrogen-bond acceptors (Lipinski definition) is 2. The summed E-state index contributed by atoms with van der Waals surface area (Å²) in [5.74, 6) is 0. The summed E-state index contributed by atoms with van der Waals surface area (Å²) in [4.78, 5) is 1.25. The van der Waals surface area contributed by atoms with Crippen LogP contribution in [0.3, 0.4) is 0 Å². The monoisotopic (exact) mass is 253 g/mol. The van der Waals surface area contributed by atoms with Gasteiger partial charge in [0.1, 0.15) is 0 Å². The molecular formula is C10H8BrNS. The topological polar surface area (TPSA) is 23.8 Å². The van der Waals surface area contributed by atoms with Gasteiger partial charge in [0.15, 0.2) is 0 Å². The normalized spacial score (nSPS) is 15.4. The fourth-order valence-electron chi connectivity index (χ4n) is 1.03. The zero-order valence-electron chi connectivity index (χ0n) is 6.96. The first kappa shape index (κ1) is 9.11. The molecule has 1 aliphatic rings. The van der Waals surface area contributed by atoms with Gasteiger partial charge in [-0.25, -0.2) is 0 Å². The molecule has 0 saturated heterocycles. The molecule has 1 aromatic rings. The lowest BCUT2D eigenvalue weighted by molar-refractivity contribution is 1.35. The van der Waals surface area contributed by atoms with Gasteiger partial charge >= 0.3 is 0 Å². The van der Waals surface area contributed by atoms with E-state index >= 15 is 0 Å². The summed E-state index contributed by atoms with van der Waals surface area (Å²) in [5, 5.41) is 9.48. The van der Waals surface area contributed by atoms with E-state index in [9.17, 15) is 0 Å². The number of nitrogens with zero attached hydrogens (tertiary/aromatic N) is 1. The molecule has 0 unspecified atom stereocenters. The number of hydrogen-bond donors (Lipinski definition) is 0. The van der Waals surface area contributed by atoms with Crippen molar-refractivity contribution >= 4 is 27.7 Å². The zero-order valence-corrected chi connectivity index (χ0v) is 9.36. The van der Waals surface area contributed by atoms with E-state index in [1.807, 2.05) is 30.0 Å². The smallest absolute Gasteiger partial charge is 0.0992 e. The first-order chi connectivity index (χ1) is 6.29. The molecule has 1 aliphatic carbocycles. The highest BCUT2D eigenvalue weighted by atomic mass is 79.9. The van der Waals surface area contributed by atoms with Gasteiger partial charge < -0.3 is 0 Å². The molecule has 1 aromatic carbocycles. The minimum absolute atomic E-state index is 0.715. The number of thioether (sulfide) groups is 1. The maximum Gasteiger partial charge on any atom is 0.0992 e. The molecule has 0 N–H and O–H groups in total. The molecule has 1 nitrogen and oxygen atoms in total. The van der Waals surface area contributed by atoms with Crippen molar-refractivity contribution in [2.75, 3.05) is 0 Å². The molecule has 2 rings (SSSR count). The lowest BCUT2D eigenvalue weighted by atomic mass is 10.2. The summed E-state index contributed by atoms with van der Waals surface area (Å²) in [7, 11) is 0. The van der Waals surface area contributed by atoms with Gasteiger partial charge in [0.2, 0.25) is 0 Å². The van der Waals surface area contributed by atoms with E-state index in [-0.39, 0.29) is 0 Å². The summed E-state index contributed by atoms with van der Waals surface area (Å²) < 4.78 is 1.04. The van der Waals surface area contributed by atoms with E-state index < -0.39 is 0 Å². The molecule has 13 heavy (non-hydrogen) atoms. The highest BCUT2D eigenvalue weighted by molar-refractivity contribution is 9.10. The minimum atomic E-state index is 0.715. The highest BCUT2D eigenvalue weighted by Gasteiger charge is 2.23. The standard InChI is InChI=1S/C10H8BrNS/c11-9-5-7(6-12)1-4-10(9)13-8-2-3-8/h1,4-5,8H,2-3H2. The van der Waals surface area contributed by atoms with Crippen LogP contribution >= 0.6 is 27.7 Å². The second-order valence-corrected chi connectivity index (χ2v) is 5.27. The van der Waals surface area contributed by atoms with E-state index in [0.29, 0.717) is 5.56 Å². The lowest BCUT2D eigenvalue weighted by Gasteiger charge is -2.02. The summed E-state index contributed by atoms with van der Waals surface area (Å²) in [6, 6.07) is 7.89. The molecule has 3 heteroatoms. The van der Waals surface area contributed by atoms with Crippen molar-refractivity contribution < 1.29 is 0 Å². The van der Waals surface area contributed by atoms with E-state index in [0.717, 1.165) is 9.72 Å². The Morgan fingerprint density at radius 2 is 2.23 bits per heavy atom. The van der Waals surface area contributed by atoms with Crippen LogP contribution in [-0.2, 0) is 0 Å². The second kappa shape index (κ2) is 3.73. The molecule has 66 valence electrons. The third kappa shape index (κ3) is 2.26. The van der Waals surface area contributed by atoms with Gasteiger partial charge in [0.25, 0.3) is 0 Å². The third-order valence-corrected chi connectivity index (χ3v) is 4.21. The SMILES string of the molecule is N#Cc1ccc(SC2CC2)c(Br)c1. The van der Waals surface area contributed by atoms with E-state index in [1.165, 1.54) is 17.7 Å². The van der Waals surface area contributed by atoms with Crippen molar-refractivity contribution in [3.8, 4) is 6.07 Å².